The fourth-order valence-corrected chi connectivity index (χ4v) is 1.66. The zero-order valence-electron chi connectivity index (χ0n) is 8.31. The van der Waals surface area contributed by atoms with Gasteiger partial charge in [0, 0.05) is 19.6 Å². The van der Waals surface area contributed by atoms with E-state index in [2.05, 4.69) is 17.0 Å². The number of hydrogen-bond acceptors (Lipinski definition) is 3. The molecule has 0 aliphatic carbocycles. The van der Waals surface area contributed by atoms with Crippen molar-refractivity contribution >= 4 is 0 Å². The molecule has 1 heterocycles. The van der Waals surface area contributed by atoms with Gasteiger partial charge in [-0.15, -0.1) is 0 Å². The van der Waals surface area contributed by atoms with Gasteiger partial charge in [-0.1, -0.05) is 12.1 Å². The van der Waals surface area contributed by atoms with E-state index in [1.807, 2.05) is 12.1 Å². The second-order valence-corrected chi connectivity index (χ2v) is 3.70. The first-order valence-corrected chi connectivity index (χ1v) is 4.81. The van der Waals surface area contributed by atoms with E-state index in [1.165, 1.54) is 5.56 Å². The minimum Gasteiger partial charge on any atom is -0.497 e. The van der Waals surface area contributed by atoms with E-state index in [0.29, 0.717) is 0 Å². The van der Waals surface area contributed by atoms with Gasteiger partial charge in [-0.05, 0) is 17.7 Å². The van der Waals surface area contributed by atoms with Gasteiger partial charge in [-0.25, -0.2) is 0 Å². The second kappa shape index (κ2) is 3.98. The van der Waals surface area contributed by atoms with Gasteiger partial charge in [0.2, 0.25) is 0 Å². The highest BCUT2D eigenvalue weighted by Gasteiger charge is 2.23. The van der Waals surface area contributed by atoms with Crippen LogP contribution in [0.2, 0.25) is 0 Å². The van der Waals surface area contributed by atoms with Crippen molar-refractivity contribution < 1.29 is 9.84 Å². The number of ether oxygens (including phenoxy) is 1. The van der Waals surface area contributed by atoms with Crippen LogP contribution < -0.4 is 4.74 Å². The average molecular weight is 193 g/mol. The van der Waals surface area contributed by atoms with Crippen LogP contribution >= 0.6 is 0 Å². The standard InChI is InChI=1S/C11H15NO2/c1-14-11-4-2-9(3-5-11)6-12-7-10(13)8-12/h2-5,10,13H,6-8H2,1H3. The van der Waals surface area contributed by atoms with Crippen LogP contribution in [0.3, 0.4) is 0 Å². The van der Waals surface area contributed by atoms with Crippen molar-refractivity contribution in [2.45, 2.75) is 12.6 Å². The van der Waals surface area contributed by atoms with E-state index in [9.17, 15) is 0 Å². The summed E-state index contributed by atoms with van der Waals surface area (Å²) >= 11 is 0. The first-order valence-electron chi connectivity index (χ1n) is 4.81. The summed E-state index contributed by atoms with van der Waals surface area (Å²) in [5.74, 6) is 0.886. The zero-order valence-corrected chi connectivity index (χ0v) is 8.31. The number of rotatable bonds is 3. The van der Waals surface area contributed by atoms with Crippen LogP contribution in [0, 0.1) is 0 Å². The molecule has 0 saturated carbocycles. The predicted octanol–water partition coefficient (Wildman–Crippen LogP) is 0.872. The van der Waals surface area contributed by atoms with Gasteiger partial charge in [0.25, 0.3) is 0 Å². The molecule has 14 heavy (non-hydrogen) atoms. The van der Waals surface area contributed by atoms with E-state index < -0.39 is 0 Å². The van der Waals surface area contributed by atoms with E-state index in [4.69, 9.17) is 9.84 Å². The highest BCUT2D eigenvalue weighted by atomic mass is 16.5. The van der Waals surface area contributed by atoms with Crippen molar-refractivity contribution in [1.29, 1.82) is 0 Å². The molecule has 1 aromatic rings. The number of aliphatic hydroxyl groups is 1. The van der Waals surface area contributed by atoms with E-state index in [0.717, 1.165) is 25.4 Å². The van der Waals surface area contributed by atoms with Crippen LogP contribution in [0.1, 0.15) is 5.56 Å². The van der Waals surface area contributed by atoms with Crippen LogP contribution in [-0.4, -0.2) is 36.3 Å². The maximum absolute atomic E-state index is 9.12. The molecule has 0 atom stereocenters. The lowest BCUT2D eigenvalue weighted by Gasteiger charge is -2.35. The SMILES string of the molecule is COc1ccc(CN2CC(O)C2)cc1. The molecule has 1 aliphatic heterocycles. The first-order chi connectivity index (χ1) is 6.78. The van der Waals surface area contributed by atoms with Crippen LogP contribution in [0.5, 0.6) is 5.75 Å². The third-order valence-corrected chi connectivity index (χ3v) is 2.50. The van der Waals surface area contributed by atoms with E-state index in [1.54, 1.807) is 7.11 Å². The summed E-state index contributed by atoms with van der Waals surface area (Å²) in [4.78, 5) is 2.21. The van der Waals surface area contributed by atoms with Gasteiger partial charge < -0.3 is 9.84 Å². The maximum atomic E-state index is 9.12. The largest absolute Gasteiger partial charge is 0.497 e. The second-order valence-electron chi connectivity index (χ2n) is 3.70. The van der Waals surface area contributed by atoms with Crippen LogP contribution in [0.4, 0.5) is 0 Å². The van der Waals surface area contributed by atoms with Gasteiger partial charge in [0.15, 0.2) is 0 Å². The molecule has 0 radical (unpaired) electrons. The van der Waals surface area contributed by atoms with Gasteiger partial charge in [0.05, 0.1) is 13.2 Å². The van der Waals surface area contributed by atoms with E-state index in [-0.39, 0.29) is 6.10 Å². The Bertz CT molecular complexity index is 291. The molecule has 1 aromatic carbocycles. The molecule has 0 aromatic heterocycles. The van der Waals surface area contributed by atoms with Crippen LogP contribution in [-0.2, 0) is 6.54 Å². The minimum atomic E-state index is -0.117. The highest BCUT2D eigenvalue weighted by molar-refractivity contribution is 5.27. The van der Waals surface area contributed by atoms with Crippen molar-refractivity contribution in [2.75, 3.05) is 20.2 Å². The summed E-state index contributed by atoms with van der Waals surface area (Å²) < 4.78 is 5.08. The predicted molar refractivity (Wildman–Crippen MR) is 54.3 cm³/mol. The number of benzene rings is 1. The normalized spacial score (nSPS) is 17.9. The van der Waals surface area contributed by atoms with Crippen LogP contribution in [0.25, 0.3) is 0 Å². The molecule has 3 heteroatoms. The average Bonchev–Trinajstić information content (AvgIpc) is 2.17. The summed E-state index contributed by atoms with van der Waals surface area (Å²) in [6.45, 7) is 2.51. The van der Waals surface area contributed by atoms with Crippen molar-refractivity contribution in [3.05, 3.63) is 29.8 Å². The Hall–Kier alpha value is -1.06. The van der Waals surface area contributed by atoms with Gasteiger partial charge in [-0.3, -0.25) is 4.90 Å². The first kappa shape index (κ1) is 9.49. The molecule has 0 amide bonds. The van der Waals surface area contributed by atoms with Gasteiger partial charge in [-0.2, -0.15) is 0 Å². The molecule has 76 valence electrons. The Kier molecular flexibility index (Phi) is 2.70. The Morgan fingerprint density at radius 1 is 1.36 bits per heavy atom. The topological polar surface area (TPSA) is 32.7 Å². The minimum absolute atomic E-state index is 0.117. The molecule has 1 aliphatic rings. The highest BCUT2D eigenvalue weighted by Crippen LogP contribution is 2.16. The van der Waals surface area contributed by atoms with E-state index >= 15 is 0 Å². The molecule has 2 rings (SSSR count). The number of methoxy groups -OCH3 is 1. The Labute approximate surface area is 83.9 Å². The van der Waals surface area contributed by atoms with Crippen molar-refractivity contribution in [2.24, 2.45) is 0 Å². The molecular weight excluding hydrogens is 178 g/mol. The molecular formula is C11H15NO2. The maximum Gasteiger partial charge on any atom is 0.118 e. The number of nitrogens with zero attached hydrogens (tertiary/aromatic N) is 1. The summed E-state index contributed by atoms with van der Waals surface area (Å²) in [6, 6.07) is 8.05. The molecule has 0 unspecified atom stereocenters. The monoisotopic (exact) mass is 193 g/mol. The lowest BCUT2D eigenvalue weighted by Crippen LogP contribution is -2.49. The summed E-state index contributed by atoms with van der Waals surface area (Å²) in [5.41, 5.74) is 1.26. The molecule has 0 bridgehead atoms. The fourth-order valence-electron chi connectivity index (χ4n) is 1.66. The molecule has 0 spiro atoms. The third-order valence-electron chi connectivity index (χ3n) is 2.50. The smallest absolute Gasteiger partial charge is 0.118 e. The van der Waals surface area contributed by atoms with Gasteiger partial charge in [0.1, 0.15) is 5.75 Å². The number of β-amino-alcohol motifs (C(OH)–C–C–N with tert-alkyl or cyclic N) is 1. The van der Waals surface area contributed by atoms with Crippen molar-refractivity contribution in [3.63, 3.8) is 0 Å². The van der Waals surface area contributed by atoms with Gasteiger partial charge >= 0.3 is 0 Å². The summed E-state index contributed by atoms with van der Waals surface area (Å²) in [7, 11) is 1.67. The van der Waals surface area contributed by atoms with Crippen molar-refractivity contribution in [3.8, 4) is 5.75 Å². The Morgan fingerprint density at radius 2 is 2.00 bits per heavy atom. The molecule has 1 fully saturated rings. The third kappa shape index (κ3) is 2.05. The Morgan fingerprint density at radius 3 is 2.50 bits per heavy atom. The Balaban J connectivity index is 1.90. The molecule has 1 saturated heterocycles. The lowest BCUT2D eigenvalue weighted by atomic mass is 10.1. The summed E-state index contributed by atoms with van der Waals surface area (Å²) in [5, 5.41) is 9.12. The fraction of sp³-hybridized carbons (Fsp3) is 0.455. The molecule has 1 N–H and O–H groups in total. The number of aliphatic hydroxyl groups excluding tert-OH is 1. The quantitative estimate of drug-likeness (QED) is 0.773. The van der Waals surface area contributed by atoms with Crippen molar-refractivity contribution in [1.82, 2.24) is 4.90 Å². The zero-order chi connectivity index (χ0) is 9.97. The number of hydrogen-bond donors (Lipinski definition) is 1. The molecule has 3 nitrogen and oxygen atoms in total. The summed E-state index contributed by atoms with van der Waals surface area (Å²) in [6.07, 6.45) is -0.117. The van der Waals surface area contributed by atoms with Crippen LogP contribution in [0.15, 0.2) is 24.3 Å². The lowest BCUT2D eigenvalue weighted by molar-refractivity contribution is -0.00287. The number of likely N-dealkylation sites (tertiary alicyclic amines) is 1.